The van der Waals surface area contributed by atoms with Gasteiger partial charge in [0.2, 0.25) is 5.76 Å². The van der Waals surface area contributed by atoms with Gasteiger partial charge in [-0.15, -0.1) is 11.3 Å². The highest BCUT2D eigenvalue weighted by molar-refractivity contribution is 7.09. The summed E-state index contributed by atoms with van der Waals surface area (Å²) in [6.07, 6.45) is 0.708. The van der Waals surface area contributed by atoms with E-state index >= 15 is 0 Å². The summed E-state index contributed by atoms with van der Waals surface area (Å²) in [7, 11) is 0. The molecule has 1 N–H and O–H groups in total. The zero-order chi connectivity index (χ0) is 16.9. The zero-order valence-electron chi connectivity index (χ0n) is 13.9. The molecule has 7 nitrogen and oxygen atoms in total. The Morgan fingerprint density at radius 1 is 1.42 bits per heavy atom. The van der Waals surface area contributed by atoms with Gasteiger partial charge >= 0.3 is 0 Å². The monoisotopic (exact) mass is 350 g/mol. The molecule has 1 amide bonds. The molecule has 0 atom stereocenters. The molecule has 8 heteroatoms. The molecule has 2 aromatic rings. The molecule has 1 aliphatic heterocycles. The predicted molar refractivity (Wildman–Crippen MR) is 91.8 cm³/mol. The van der Waals surface area contributed by atoms with E-state index in [1.807, 2.05) is 10.3 Å². The van der Waals surface area contributed by atoms with Gasteiger partial charge in [-0.25, -0.2) is 4.98 Å². The first-order valence-electron chi connectivity index (χ1n) is 8.15. The van der Waals surface area contributed by atoms with Crippen LogP contribution in [0.2, 0.25) is 0 Å². The Balaban J connectivity index is 1.48. The lowest BCUT2D eigenvalue weighted by atomic mass is 10.2. The first kappa shape index (κ1) is 16.9. The number of anilines is 1. The number of carbonyl (C=O) groups excluding carboxylic acids is 1. The van der Waals surface area contributed by atoms with Gasteiger partial charge in [0.1, 0.15) is 0 Å². The summed E-state index contributed by atoms with van der Waals surface area (Å²) in [6, 6.07) is 1.68. The van der Waals surface area contributed by atoms with Crippen molar-refractivity contribution >= 4 is 23.1 Å². The van der Waals surface area contributed by atoms with Gasteiger partial charge in [0.05, 0.1) is 23.9 Å². The molecule has 0 aromatic carbocycles. The maximum absolute atomic E-state index is 12.1. The van der Waals surface area contributed by atoms with E-state index in [2.05, 4.69) is 29.3 Å². The molecular formula is C16H22N4O3S. The van der Waals surface area contributed by atoms with Gasteiger partial charge in [0.25, 0.3) is 5.91 Å². The Hall–Kier alpha value is -1.93. The highest BCUT2D eigenvalue weighted by Gasteiger charge is 2.18. The van der Waals surface area contributed by atoms with Gasteiger partial charge in [-0.1, -0.05) is 19.0 Å². The van der Waals surface area contributed by atoms with E-state index in [9.17, 15) is 4.79 Å². The highest BCUT2D eigenvalue weighted by atomic mass is 32.1. The molecule has 0 saturated carbocycles. The van der Waals surface area contributed by atoms with Crippen molar-refractivity contribution in [2.24, 2.45) is 0 Å². The fourth-order valence-electron chi connectivity index (χ4n) is 2.41. The zero-order valence-corrected chi connectivity index (χ0v) is 14.8. The number of nitrogens with one attached hydrogen (secondary N) is 1. The number of hydrogen-bond acceptors (Lipinski definition) is 7. The molecule has 2 aromatic heterocycles. The minimum atomic E-state index is -0.249. The molecule has 1 aliphatic rings. The SMILES string of the molecule is CC(C)c1nc(CCNC(=O)c2cc(N3CCOCC3)no2)cs1. The summed E-state index contributed by atoms with van der Waals surface area (Å²) in [4.78, 5) is 18.7. The second-order valence-corrected chi connectivity index (χ2v) is 6.88. The van der Waals surface area contributed by atoms with Crippen molar-refractivity contribution in [3.8, 4) is 0 Å². The third-order valence-corrected chi connectivity index (χ3v) is 4.98. The van der Waals surface area contributed by atoms with Crippen LogP contribution in [0.4, 0.5) is 5.82 Å². The number of hydrogen-bond donors (Lipinski definition) is 1. The Kier molecular flexibility index (Phi) is 5.47. The summed E-state index contributed by atoms with van der Waals surface area (Å²) >= 11 is 1.66. The maximum atomic E-state index is 12.1. The molecule has 0 radical (unpaired) electrons. The molecule has 0 unspecified atom stereocenters. The van der Waals surface area contributed by atoms with E-state index in [4.69, 9.17) is 9.26 Å². The lowest BCUT2D eigenvalue weighted by Gasteiger charge is -2.25. The van der Waals surface area contributed by atoms with Gasteiger partial charge < -0.3 is 19.5 Å². The van der Waals surface area contributed by atoms with Gasteiger partial charge in [-0.3, -0.25) is 4.79 Å². The van der Waals surface area contributed by atoms with Crippen molar-refractivity contribution in [1.82, 2.24) is 15.5 Å². The molecular weight excluding hydrogens is 328 g/mol. The molecule has 3 rings (SSSR count). The van der Waals surface area contributed by atoms with E-state index in [1.54, 1.807) is 17.4 Å². The van der Waals surface area contributed by atoms with Crippen LogP contribution in [0.3, 0.4) is 0 Å². The van der Waals surface area contributed by atoms with Gasteiger partial charge in [0.15, 0.2) is 5.82 Å². The van der Waals surface area contributed by atoms with Crippen molar-refractivity contribution in [1.29, 1.82) is 0 Å². The number of carbonyl (C=O) groups is 1. The normalized spacial score (nSPS) is 15.0. The van der Waals surface area contributed by atoms with Crippen LogP contribution in [0.5, 0.6) is 0 Å². The molecule has 0 aliphatic carbocycles. The number of nitrogens with zero attached hydrogens (tertiary/aromatic N) is 3. The second kappa shape index (κ2) is 7.76. The van der Waals surface area contributed by atoms with Crippen molar-refractivity contribution in [2.75, 3.05) is 37.7 Å². The van der Waals surface area contributed by atoms with Crippen molar-refractivity contribution in [2.45, 2.75) is 26.2 Å². The van der Waals surface area contributed by atoms with Crippen LogP contribution in [0.15, 0.2) is 16.0 Å². The number of thiazole rings is 1. The predicted octanol–water partition coefficient (Wildman–Crippen LogP) is 2.06. The van der Waals surface area contributed by atoms with Gasteiger partial charge in [-0.05, 0) is 0 Å². The minimum absolute atomic E-state index is 0.234. The van der Waals surface area contributed by atoms with Crippen LogP contribution in [-0.4, -0.2) is 48.9 Å². The molecule has 0 bridgehead atoms. The second-order valence-electron chi connectivity index (χ2n) is 5.99. The Bertz CT molecular complexity index is 676. The number of ether oxygens (including phenoxy) is 1. The standard InChI is InChI=1S/C16H22N4O3S/c1-11(2)16-18-12(10-24-16)3-4-17-15(21)13-9-14(19-23-13)20-5-7-22-8-6-20/h9-11H,3-8H2,1-2H3,(H,17,21). The number of rotatable bonds is 6. The highest BCUT2D eigenvalue weighted by Crippen LogP contribution is 2.19. The van der Waals surface area contributed by atoms with Crippen molar-refractivity contribution in [3.05, 3.63) is 27.9 Å². The smallest absolute Gasteiger partial charge is 0.289 e. The fourth-order valence-corrected chi connectivity index (χ4v) is 3.28. The lowest BCUT2D eigenvalue weighted by molar-refractivity contribution is 0.0917. The van der Waals surface area contributed by atoms with E-state index in [0.717, 1.165) is 23.8 Å². The third-order valence-electron chi connectivity index (χ3n) is 3.79. The van der Waals surface area contributed by atoms with E-state index in [-0.39, 0.29) is 11.7 Å². The molecule has 0 spiro atoms. The summed E-state index contributed by atoms with van der Waals surface area (Å²) < 4.78 is 10.5. The topological polar surface area (TPSA) is 80.5 Å². The summed E-state index contributed by atoms with van der Waals surface area (Å²) in [5, 5.41) is 10.00. The average molecular weight is 350 g/mol. The third kappa shape index (κ3) is 4.12. The summed E-state index contributed by atoms with van der Waals surface area (Å²) in [5.74, 6) is 1.11. The van der Waals surface area contributed by atoms with E-state index < -0.39 is 0 Å². The van der Waals surface area contributed by atoms with Crippen LogP contribution in [-0.2, 0) is 11.2 Å². The largest absolute Gasteiger partial charge is 0.378 e. The number of morpholine rings is 1. The molecule has 1 fully saturated rings. The van der Waals surface area contributed by atoms with Crippen LogP contribution in [0, 0.1) is 0 Å². The quantitative estimate of drug-likeness (QED) is 0.859. The first-order valence-corrected chi connectivity index (χ1v) is 9.03. The van der Waals surface area contributed by atoms with E-state index in [1.165, 1.54) is 0 Å². The van der Waals surface area contributed by atoms with Crippen molar-refractivity contribution in [3.63, 3.8) is 0 Å². The number of aromatic nitrogens is 2. The van der Waals surface area contributed by atoms with Gasteiger partial charge in [-0.2, -0.15) is 0 Å². The average Bonchev–Trinajstić information content (AvgIpc) is 3.25. The fraction of sp³-hybridized carbons (Fsp3) is 0.562. The molecule has 24 heavy (non-hydrogen) atoms. The molecule has 130 valence electrons. The van der Waals surface area contributed by atoms with Crippen LogP contribution < -0.4 is 10.2 Å². The van der Waals surface area contributed by atoms with Crippen LogP contribution >= 0.6 is 11.3 Å². The van der Waals surface area contributed by atoms with Gasteiger partial charge in [0, 0.05) is 43.4 Å². The van der Waals surface area contributed by atoms with Crippen LogP contribution in [0.25, 0.3) is 0 Å². The Labute approximate surface area is 145 Å². The van der Waals surface area contributed by atoms with Crippen molar-refractivity contribution < 1.29 is 14.1 Å². The number of amides is 1. The lowest BCUT2D eigenvalue weighted by Crippen LogP contribution is -2.36. The molecule has 3 heterocycles. The summed E-state index contributed by atoms with van der Waals surface area (Å²) in [5.41, 5.74) is 1.01. The Morgan fingerprint density at radius 2 is 2.21 bits per heavy atom. The first-order chi connectivity index (χ1) is 11.6. The van der Waals surface area contributed by atoms with Crippen LogP contribution in [0.1, 0.15) is 41.0 Å². The maximum Gasteiger partial charge on any atom is 0.289 e. The summed E-state index contributed by atoms with van der Waals surface area (Å²) in [6.45, 7) is 7.63. The molecule has 1 saturated heterocycles. The minimum Gasteiger partial charge on any atom is -0.378 e. The Morgan fingerprint density at radius 3 is 2.92 bits per heavy atom. The van der Waals surface area contributed by atoms with E-state index in [0.29, 0.717) is 37.9 Å².